The molecule has 2 N–H and O–H groups in total. The summed E-state index contributed by atoms with van der Waals surface area (Å²) in [5.41, 5.74) is 4.76. The number of hydrogen-bond donors (Lipinski definition) is 1. The molecule has 12 heavy (non-hydrogen) atoms. The summed E-state index contributed by atoms with van der Waals surface area (Å²) in [4.78, 5) is 10.1. The van der Waals surface area contributed by atoms with Crippen molar-refractivity contribution in [3.8, 4) is 0 Å². The van der Waals surface area contributed by atoms with Gasteiger partial charge in [-0.3, -0.25) is 0 Å². The second kappa shape index (κ2) is 9.02. The number of carbonyl (C=O) groups is 1. The highest BCUT2D eigenvalue weighted by Gasteiger charge is 1.93. The van der Waals surface area contributed by atoms with E-state index in [1.54, 1.807) is 28.7 Å². The van der Waals surface area contributed by atoms with Gasteiger partial charge in [0.1, 0.15) is 6.61 Å². The Morgan fingerprint density at radius 1 is 1.33 bits per heavy atom. The Morgan fingerprint density at radius 3 is 2.42 bits per heavy atom. The van der Waals surface area contributed by atoms with Crippen molar-refractivity contribution in [3.63, 3.8) is 0 Å². The molecule has 0 fully saturated rings. The zero-order valence-electron chi connectivity index (χ0n) is 6.95. The van der Waals surface area contributed by atoms with E-state index in [0.29, 0.717) is 6.61 Å². The smallest absolute Gasteiger partial charge is 0.404 e. The van der Waals surface area contributed by atoms with Gasteiger partial charge in [-0.1, -0.05) is 21.6 Å². The van der Waals surface area contributed by atoms with E-state index in [9.17, 15) is 4.79 Å². The lowest BCUT2D eigenvalue weighted by Crippen LogP contribution is -2.14. The summed E-state index contributed by atoms with van der Waals surface area (Å²) >= 11 is 0. The van der Waals surface area contributed by atoms with Gasteiger partial charge in [-0.15, -0.1) is 0 Å². The van der Waals surface area contributed by atoms with Gasteiger partial charge in [0.25, 0.3) is 0 Å². The fourth-order valence-electron chi connectivity index (χ4n) is 0.411. The van der Waals surface area contributed by atoms with E-state index in [0.717, 1.165) is 18.1 Å². The molecule has 0 bridgehead atoms. The number of primary amides is 1. The van der Waals surface area contributed by atoms with Gasteiger partial charge in [0, 0.05) is 18.6 Å². The lowest BCUT2D eigenvalue weighted by Gasteiger charge is -2.00. The average Bonchev–Trinajstić information content (AvgIpc) is 2.02. The quantitative estimate of drug-likeness (QED) is 0.505. The van der Waals surface area contributed by atoms with E-state index in [4.69, 9.17) is 10.5 Å². The zero-order valence-corrected chi connectivity index (χ0v) is 8.58. The Kier molecular flexibility index (Phi) is 8.97. The van der Waals surface area contributed by atoms with E-state index in [1.807, 2.05) is 0 Å². The van der Waals surface area contributed by atoms with Crippen LogP contribution in [0.3, 0.4) is 0 Å². The molecule has 0 aliphatic carbocycles. The maximum Gasteiger partial charge on any atom is 0.404 e. The standard InChI is InChI=1S/C6H13NO3S2/c1-9-2-4-11-12-5-3-10-6(7)8/h2-5H2,1H3,(H2,7,8). The third kappa shape index (κ3) is 9.93. The molecule has 0 unspecified atom stereocenters. The minimum atomic E-state index is -0.711. The molecule has 0 radical (unpaired) electrons. The molecule has 1 amide bonds. The van der Waals surface area contributed by atoms with Crippen molar-refractivity contribution in [2.75, 3.05) is 31.8 Å². The molecular formula is C6H13NO3S2. The predicted octanol–water partition coefficient (Wildman–Crippen LogP) is 1.11. The molecule has 0 aliphatic rings. The molecule has 0 heterocycles. The molecule has 0 saturated carbocycles. The minimum Gasteiger partial charge on any atom is -0.449 e. The van der Waals surface area contributed by atoms with Gasteiger partial charge in [-0.25, -0.2) is 4.79 Å². The predicted molar refractivity (Wildman–Crippen MR) is 52.3 cm³/mol. The van der Waals surface area contributed by atoms with E-state index in [2.05, 4.69) is 4.74 Å². The van der Waals surface area contributed by atoms with Crippen molar-refractivity contribution in [2.45, 2.75) is 0 Å². The summed E-state index contributed by atoms with van der Waals surface area (Å²) in [7, 11) is 5.00. The first-order valence-corrected chi connectivity index (χ1v) is 5.91. The van der Waals surface area contributed by atoms with Gasteiger partial charge in [0.2, 0.25) is 0 Å². The summed E-state index contributed by atoms with van der Waals surface area (Å²) in [5.74, 6) is 1.70. The van der Waals surface area contributed by atoms with Gasteiger partial charge >= 0.3 is 6.09 Å². The maximum absolute atomic E-state index is 10.1. The van der Waals surface area contributed by atoms with Crippen molar-refractivity contribution in [1.29, 1.82) is 0 Å². The third-order valence-corrected chi connectivity index (χ3v) is 3.20. The van der Waals surface area contributed by atoms with Crippen LogP contribution >= 0.6 is 21.6 Å². The van der Waals surface area contributed by atoms with Crippen LogP contribution in [0.5, 0.6) is 0 Å². The number of hydrogen-bond acceptors (Lipinski definition) is 5. The summed E-state index contributed by atoms with van der Waals surface area (Å²) in [6.45, 7) is 1.12. The summed E-state index contributed by atoms with van der Waals surface area (Å²) in [6.07, 6.45) is -0.711. The Morgan fingerprint density at radius 2 is 1.92 bits per heavy atom. The van der Waals surface area contributed by atoms with Crippen molar-refractivity contribution in [1.82, 2.24) is 0 Å². The van der Waals surface area contributed by atoms with Crippen molar-refractivity contribution in [3.05, 3.63) is 0 Å². The number of methoxy groups -OCH3 is 1. The highest BCUT2D eigenvalue weighted by molar-refractivity contribution is 8.76. The molecular weight excluding hydrogens is 198 g/mol. The monoisotopic (exact) mass is 211 g/mol. The van der Waals surface area contributed by atoms with E-state index < -0.39 is 6.09 Å². The SMILES string of the molecule is COCCSSCCOC(N)=O. The highest BCUT2D eigenvalue weighted by Crippen LogP contribution is 2.19. The van der Waals surface area contributed by atoms with Gasteiger partial charge in [0.05, 0.1) is 6.61 Å². The number of rotatable bonds is 7. The van der Waals surface area contributed by atoms with Gasteiger partial charge in [-0.2, -0.15) is 0 Å². The second-order valence-corrected chi connectivity index (χ2v) is 4.51. The Labute approximate surface area is 79.9 Å². The molecule has 0 atom stereocenters. The van der Waals surface area contributed by atoms with E-state index in [1.165, 1.54) is 0 Å². The molecule has 6 heteroatoms. The van der Waals surface area contributed by atoms with Crippen LogP contribution in [0.2, 0.25) is 0 Å². The van der Waals surface area contributed by atoms with Crippen LogP contribution in [0, 0.1) is 0 Å². The number of carbonyl (C=O) groups excluding carboxylic acids is 1. The molecule has 0 aromatic heterocycles. The average molecular weight is 211 g/mol. The number of ether oxygens (including phenoxy) is 2. The molecule has 0 spiro atoms. The topological polar surface area (TPSA) is 61.6 Å². The fourth-order valence-corrected chi connectivity index (χ4v) is 2.15. The van der Waals surface area contributed by atoms with Gasteiger partial charge < -0.3 is 15.2 Å². The first-order chi connectivity index (χ1) is 5.77. The van der Waals surface area contributed by atoms with E-state index in [-0.39, 0.29) is 0 Å². The van der Waals surface area contributed by atoms with Crippen LogP contribution in [0.1, 0.15) is 0 Å². The number of nitrogens with two attached hydrogens (primary N) is 1. The second-order valence-electron chi connectivity index (χ2n) is 1.80. The van der Waals surface area contributed by atoms with Crippen molar-refractivity contribution >= 4 is 27.7 Å². The normalized spacial score (nSPS) is 9.75. The van der Waals surface area contributed by atoms with Crippen molar-refractivity contribution < 1.29 is 14.3 Å². The number of amides is 1. The third-order valence-electron chi connectivity index (χ3n) is 0.865. The maximum atomic E-state index is 10.1. The van der Waals surface area contributed by atoms with Crippen LogP contribution in [-0.4, -0.2) is 37.9 Å². The largest absolute Gasteiger partial charge is 0.449 e. The zero-order chi connectivity index (χ0) is 9.23. The Bertz CT molecular complexity index is 123. The van der Waals surface area contributed by atoms with Gasteiger partial charge in [-0.05, 0) is 0 Å². The minimum absolute atomic E-state index is 0.375. The van der Waals surface area contributed by atoms with Crippen LogP contribution < -0.4 is 5.73 Å². The lowest BCUT2D eigenvalue weighted by atomic mass is 10.9. The van der Waals surface area contributed by atoms with Gasteiger partial charge in [0.15, 0.2) is 0 Å². The van der Waals surface area contributed by atoms with Crippen LogP contribution in [0.25, 0.3) is 0 Å². The molecule has 4 nitrogen and oxygen atoms in total. The molecule has 0 aromatic rings. The molecule has 0 rings (SSSR count). The Hall–Kier alpha value is -0.0700. The lowest BCUT2D eigenvalue weighted by molar-refractivity contribution is 0.164. The van der Waals surface area contributed by atoms with Crippen LogP contribution in [0.4, 0.5) is 4.79 Å². The first-order valence-electron chi connectivity index (χ1n) is 3.43. The highest BCUT2D eigenvalue weighted by atomic mass is 33.1. The molecule has 0 aromatic carbocycles. The van der Waals surface area contributed by atoms with E-state index >= 15 is 0 Å². The summed E-state index contributed by atoms with van der Waals surface area (Å²) < 4.78 is 9.37. The Balaban J connectivity index is 2.86. The van der Waals surface area contributed by atoms with Crippen molar-refractivity contribution in [2.24, 2.45) is 5.73 Å². The first kappa shape index (κ1) is 11.9. The molecule has 0 aliphatic heterocycles. The molecule has 0 saturated heterocycles. The summed E-state index contributed by atoms with van der Waals surface area (Å²) in [5, 5.41) is 0. The molecule has 72 valence electrons. The van der Waals surface area contributed by atoms with Crippen LogP contribution in [-0.2, 0) is 9.47 Å². The van der Waals surface area contributed by atoms with Crippen LogP contribution in [0.15, 0.2) is 0 Å². The summed E-state index contributed by atoms with van der Waals surface area (Å²) in [6, 6.07) is 0. The fraction of sp³-hybridized carbons (Fsp3) is 0.833.